The molecule has 1 aliphatic carbocycles. The van der Waals surface area contributed by atoms with E-state index in [1.54, 1.807) is 0 Å². The van der Waals surface area contributed by atoms with Crippen molar-refractivity contribution in [2.24, 2.45) is 5.92 Å². The van der Waals surface area contributed by atoms with E-state index in [4.69, 9.17) is 0 Å². The molecule has 1 heterocycles. The molecular formula is C18H24OS2. The normalized spacial score (nSPS) is 22.9. The van der Waals surface area contributed by atoms with Crippen LogP contribution in [0.5, 0.6) is 0 Å². The summed E-state index contributed by atoms with van der Waals surface area (Å²) in [5.41, 5.74) is 1.31. The highest BCUT2D eigenvalue weighted by Gasteiger charge is 2.44. The molecule has 1 saturated carbocycles. The van der Waals surface area contributed by atoms with Crippen molar-refractivity contribution >= 4 is 29.3 Å². The molecular weight excluding hydrogens is 296 g/mol. The molecule has 3 rings (SSSR count). The van der Waals surface area contributed by atoms with E-state index in [1.807, 2.05) is 23.5 Å². The molecule has 0 spiro atoms. The van der Waals surface area contributed by atoms with Crippen LogP contribution in [-0.4, -0.2) is 21.4 Å². The number of ketones is 1. The smallest absolute Gasteiger partial charge is 0.162 e. The first-order valence-corrected chi connectivity index (χ1v) is 10.1. The average Bonchev–Trinajstić information content (AvgIpc) is 2.57. The number of benzene rings is 1. The Morgan fingerprint density at radius 3 is 2.33 bits per heavy atom. The van der Waals surface area contributed by atoms with Crippen LogP contribution in [0.2, 0.25) is 0 Å². The summed E-state index contributed by atoms with van der Waals surface area (Å²) in [7, 11) is 0. The summed E-state index contributed by atoms with van der Waals surface area (Å²) in [6.45, 7) is 0. The minimum absolute atomic E-state index is 0.207. The minimum Gasteiger partial charge on any atom is -0.297 e. The summed E-state index contributed by atoms with van der Waals surface area (Å²) >= 11 is 3.84. The highest BCUT2D eigenvalue weighted by molar-refractivity contribution is 8.19. The Bertz CT molecular complexity index is 459. The molecule has 0 unspecified atom stereocenters. The van der Waals surface area contributed by atoms with Crippen molar-refractivity contribution in [3.05, 3.63) is 35.9 Å². The van der Waals surface area contributed by atoms with Crippen molar-refractivity contribution in [1.82, 2.24) is 0 Å². The van der Waals surface area contributed by atoms with Gasteiger partial charge in [-0.15, -0.1) is 23.5 Å². The summed E-state index contributed by atoms with van der Waals surface area (Å²) in [5, 5.41) is 0. The molecule has 1 saturated heterocycles. The maximum Gasteiger partial charge on any atom is 0.162 e. The van der Waals surface area contributed by atoms with E-state index in [0.717, 1.165) is 30.8 Å². The topological polar surface area (TPSA) is 17.1 Å². The number of hydrogen-bond donors (Lipinski definition) is 0. The second-order valence-electron chi connectivity index (χ2n) is 6.16. The van der Waals surface area contributed by atoms with E-state index < -0.39 is 0 Å². The van der Waals surface area contributed by atoms with Crippen LogP contribution in [-0.2, 0) is 11.2 Å². The van der Waals surface area contributed by atoms with Gasteiger partial charge in [-0.1, -0.05) is 49.6 Å². The Labute approximate surface area is 136 Å². The first kappa shape index (κ1) is 15.5. The zero-order valence-electron chi connectivity index (χ0n) is 12.6. The molecule has 0 amide bonds. The molecule has 1 aliphatic heterocycles. The van der Waals surface area contributed by atoms with Crippen LogP contribution < -0.4 is 0 Å². The summed E-state index contributed by atoms with van der Waals surface area (Å²) < 4.78 is -0.207. The van der Waals surface area contributed by atoms with Crippen LogP contribution in [0.4, 0.5) is 0 Å². The van der Waals surface area contributed by atoms with Crippen molar-refractivity contribution in [3.63, 3.8) is 0 Å². The average molecular weight is 321 g/mol. The molecule has 3 heteroatoms. The Morgan fingerprint density at radius 1 is 1.00 bits per heavy atom. The van der Waals surface area contributed by atoms with Crippen molar-refractivity contribution in [1.29, 1.82) is 0 Å². The molecule has 0 bridgehead atoms. The number of carbonyl (C=O) groups is 1. The van der Waals surface area contributed by atoms with Gasteiger partial charge in [-0.05, 0) is 36.3 Å². The molecule has 1 aromatic rings. The maximum absolute atomic E-state index is 13.2. The van der Waals surface area contributed by atoms with Gasteiger partial charge >= 0.3 is 0 Å². The number of hydrogen-bond acceptors (Lipinski definition) is 3. The number of carbonyl (C=O) groups excluding carboxylic acids is 1. The molecule has 2 aliphatic rings. The Hall–Kier alpha value is -0.410. The summed E-state index contributed by atoms with van der Waals surface area (Å²) in [5.74, 6) is 3.14. The van der Waals surface area contributed by atoms with Gasteiger partial charge in [0.2, 0.25) is 0 Å². The molecule has 2 fully saturated rings. The predicted molar refractivity (Wildman–Crippen MR) is 94.0 cm³/mol. The van der Waals surface area contributed by atoms with Crippen molar-refractivity contribution in [2.45, 2.75) is 49.0 Å². The first-order valence-electron chi connectivity index (χ1n) is 8.16. The van der Waals surface area contributed by atoms with Crippen LogP contribution >= 0.6 is 23.5 Å². The van der Waals surface area contributed by atoms with Gasteiger partial charge in [0.25, 0.3) is 0 Å². The standard InChI is InChI=1S/C18H24OS2/c19-17(16-10-5-2-6-11-16)18(20-12-7-13-21-18)14-15-8-3-1-4-9-15/h1,3-4,8-9,16H,2,5-7,10-14H2. The first-order chi connectivity index (χ1) is 10.3. The lowest BCUT2D eigenvalue weighted by atomic mass is 9.84. The molecule has 0 N–H and O–H groups in total. The monoisotopic (exact) mass is 320 g/mol. The minimum atomic E-state index is -0.207. The van der Waals surface area contributed by atoms with E-state index in [-0.39, 0.29) is 4.08 Å². The van der Waals surface area contributed by atoms with Gasteiger partial charge in [-0.2, -0.15) is 0 Å². The van der Waals surface area contributed by atoms with E-state index in [9.17, 15) is 4.79 Å². The highest BCUT2D eigenvalue weighted by atomic mass is 32.2. The predicted octanol–water partition coefficient (Wildman–Crippen LogP) is 4.94. The van der Waals surface area contributed by atoms with Gasteiger partial charge < -0.3 is 0 Å². The lowest BCUT2D eigenvalue weighted by Gasteiger charge is -2.38. The van der Waals surface area contributed by atoms with Crippen molar-refractivity contribution < 1.29 is 4.79 Å². The van der Waals surface area contributed by atoms with Crippen LogP contribution in [0.1, 0.15) is 44.1 Å². The lowest BCUT2D eigenvalue weighted by Crippen LogP contribution is -2.41. The lowest BCUT2D eigenvalue weighted by molar-refractivity contribution is -0.124. The van der Waals surface area contributed by atoms with E-state index in [0.29, 0.717) is 11.7 Å². The van der Waals surface area contributed by atoms with Crippen LogP contribution in [0.3, 0.4) is 0 Å². The molecule has 0 radical (unpaired) electrons. The molecule has 114 valence electrons. The number of thioether (sulfide) groups is 2. The molecule has 1 aromatic carbocycles. The van der Waals surface area contributed by atoms with Gasteiger partial charge in [0, 0.05) is 12.3 Å². The highest BCUT2D eigenvalue weighted by Crippen LogP contribution is 2.48. The fourth-order valence-electron chi connectivity index (χ4n) is 3.45. The fourth-order valence-corrected chi connectivity index (χ4v) is 6.85. The third-order valence-electron chi connectivity index (χ3n) is 4.59. The summed E-state index contributed by atoms with van der Waals surface area (Å²) in [6, 6.07) is 10.6. The second-order valence-corrected chi connectivity index (χ2v) is 9.21. The van der Waals surface area contributed by atoms with Crippen molar-refractivity contribution in [2.75, 3.05) is 11.5 Å². The summed E-state index contributed by atoms with van der Waals surface area (Å²) in [4.78, 5) is 13.2. The quantitative estimate of drug-likeness (QED) is 0.782. The van der Waals surface area contributed by atoms with Gasteiger partial charge in [-0.25, -0.2) is 0 Å². The molecule has 0 atom stereocenters. The molecule has 1 nitrogen and oxygen atoms in total. The second kappa shape index (κ2) is 7.23. The Balaban J connectivity index is 1.80. The van der Waals surface area contributed by atoms with Crippen LogP contribution in [0.25, 0.3) is 0 Å². The van der Waals surface area contributed by atoms with Gasteiger partial charge in [0.15, 0.2) is 5.78 Å². The number of Topliss-reactive ketones (excluding diaryl/α,β-unsaturated/α-hetero) is 1. The Morgan fingerprint density at radius 2 is 1.67 bits per heavy atom. The SMILES string of the molecule is O=C(C1CCCCC1)C1(Cc2ccccc2)SCCCS1. The zero-order chi connectivity index (χ0) is 14.5. The maximum atomic E-state index is 13.2. The van der Waals surface area contributed by atoms with Gasteiger partial charge in [0.1, 0.15) is 4.08 Å². The van der Waals surface area contributed by atoms with Gasteiger partial charge in [-0.3, -0.25) is 4.79 Å². The van der Waals surface area contributed by atoms with Gasteiger partial charge in [0.05, 0.1) is 0 Å². The van der Waals surface area contributed by atoms with E-state index >= 15 is 0 Å². The molecule has 21 heavy (non-hydrogen) atoms. The number of rotatable bonds is 4. The van der Waals surface area contributed by atoms with Crippen molar-refractivity contribution in [3.8, 4) is 0 Å². The van der Waals surface area contributed by atoms with Crippen LogP contribution in [0.15, 0.2) is 30.3 Å². The van der Waals surface area contributed by atoms with Crippen LogP contribution in [0, 0.1) is 5.92 Å². The fraction of sp³-hybridized carbons (Fsp3) is 0.611. The van der Waals surface area contributed by atoms with E-state index in [2.05, 4.69) is 30.3 Å². The zero-order valence-corrected chi connectivity index (χ0v) is 14.2. The third kappa shape index (κ3) is 3.68. The van der Waals surface area contributed by atoms with E-state index in [1.165, 1.54) is 31.2 Å². The summed E-state index contributed by atoms with van der Waals surface area (Å²) in [6.07, 6.45) is 8.19. The Kier molecular flexibility index (Phi) is 5.33. The third-order valence-corrected chi connectivity index (χ3v) is 7.91. The largest absolute Gasteiger partial charge is 0.297 e. The molecule has 0 aromatic heterocycles.